The molecule has 0 aliphatic heterocycles. The van der Waals surface area contributed by atoms with Crippen molar-refractivity contribution in [1.29, 1.82) is 0 Å². The van der Waals surface area contributed by atoms with Gasteiger partial charge in [-0.05, 0) is 31.2 Å². The molecule has 2 rings (SSSR count). The molecule has 1 unspecified atom stereocenters. The van der Waals surface area contributed by atoms with Crippen molar-refractivity contribution < 1.29 is 23.4 Å². The summed E-state index contributed by atoms with van der Waals surface area (Å²) < 4.78 is 23.9. The molecule has 1 atom stereocenters. The molecule has 0 saturated carbocycles. The van der Waals surface area contributed by atoms with Crippen LogP contribution in [0.5, 0.6) is 5.75 Å². The third-order valence-electron chi connectivity index (χ3n) is 3.07. The van der Waals surface area contributed by atoms with Crippen molar-refractivity contribution in [1.82, 2.24) is 5.32 Å². The molecule has 1 amide bonds. The largest absolute Gasteiger partial charge is 0.494 e. The van der Waals surface area contributed by atoms with Crippen LogP contribution in [0.4, 0.5) is 4.39 Å². The van der Waals surface area contributed by atoms with Gasteiger partial charge in [0.15, 0.2) is 11.6 Å². The van der Waals surface area contributed by atoms with Crippen LogP contribution in [-0.4, -0.2) is 24.7 Å². The average Bonchev–Trinajstić information content (AvgIpc) is 3.00. The SMILES string of the molecule is COc1cccc(C(=O)NCC(C)(O)c2ccco2)c1F. The highest BCUT2D eigenvalue weighted by Gasteiger charge is 2.27. The Hall–Kier alpha value is -2.34. The Morgan fingerprint density at radius 3 is 2.81 bits per heavy atom. The van der Waals surface area contributed by atoms with E-state index in [1.807, 2.05) is 0 Å². The van der Waals surface area contributed by atoms with Gasteiger partial charge in [-0.3, -0.25) is 4.79 Å². The summed E-state index contributed by atoms with van der Waals surface area (Å²) in [5.74, 6) is -1.08. The highest BCUT2D eigenvalue weighted by molar-refractivity contribution is 5.94. The Bertz CT molecular complexity index is 623. The lowest BCUT2D eigenvalue weighted by Crippen LogP contribution is -2.38. The van der Waals surface area contributed by atoms with Crippen LogP contribution in [-0.2, 0) is 5.60 Å². The lowest BCUT2D eigenvalue weighted by atomic mass is 10.0. The fourth-order valence-electron chi connectivity index (χ4n) is 1.86. The van der Waals surface area contributed by atoms with E-state index in [1.165, 1.54) is 38.5 Å². The molecular weight excluding hydrogens is 277 g/mol. The molecule has 0 bridgehead atoms. The Labute approximate surface area is 121 Å². The number of nitrogens with one attached hydrogen (secondary N) is 1. The molecule has 21 heavy (non-hydrogen) atoms. The van der Waals surface area contributed by atoms with Crippen LogP contribution in [0.1, 0.15) is 23.0 Å². The molecule has 0 radical (unpaired) electrons. The highest BCUT2D eigenvalue weighted by Crippen LogP contribution is 2.22. The van der Waals surface area contributed by atoms with E-state index in [4.69, 9.17) is 9.15 Å². The van der Waals surface area contributed by atoms with Crippen molar-refractivity contribution in [2.24, 2.45) is 0 Å². The summed E-state index contributed by atoms with van der Waals surface area (Å²) in [5.41, 5.74) is -1.53. The topological polar surface area (TPSA) is 71.7 Å². The normalized spacial score (nSPS) is 13.5. The van der Waals surface area contributed by atoms with Crippen LogP contribution in [0.25, 0.3) is 0 Å². The molecule has 2 N–H and O–H groups in total. The summed E-state index contributed by atoms with van der Waals surface area (Å²) in [7, 11) is 1.32. The lowest BCUT2D eigenvalue weighted by molar-refractivity contribution is 0.0329. The van der Waals surface area contributed by atoms with Crippen molar-refractivity contribution in [3.63, 3.8) is 0 Å². The smallest absolute Gasteiger partial charge is 0.254 e. The molecule has 1 heterocycles. The van der Waals surface area contributed by atoms with Gasteiger partial charge in [0, 0.05) is 0 Å². The molecule has 1 aromatic carbocycles. The Morgan fingerprint density at radius 2 is 2.19 bits per heavy atom. The van der Waals surface area contributed by atoms with E-state index < -0.39 is 17.3 Å². The molecule has 0 aliphatic rings. The first-order valence-corrected chi connectivity index (χ1v) is 6.33. The quantitative estimate of drug-likeness (QED) is 0.885. The third kappa shape index (κ3) is 3.22. The van der Waals surface area contributed by atoms with Crippen LogP contribution in [0.3, 0.4) is 0 Å². The Morgan fingerprint density at radius 1 is 1.43 bits per heavy atom. The fourth-order valence-corrected chi connectivity index (χ4v) is 1.86. The maximum absolute atomic E-state index is 13.9. The van der Waals surface area contributed by atoms with Gasteiger partial charge < -0.3 is 19.6 Å². The predicted octanol–water partition coefficient (Wildman–Crippen LogP) is 2.06. The summed E-state index contributed by atoms with van der Waals surface area (Å²) in [5, 5.41) is 12.7. The van der Waals surface area contributed by atoms with Crippen molar-refractivity contribution >= 4 is 5.91 Å². The number of hydrogen-bond donors (Lipinski definition) is 2. The van der Waals surface area contributed by atoms with Gasteiger partial charge in [-0.2, -0.15) is 0 Å². The number of furan rings is 1. The minimum atomic E-state index is -1.38. The number of amides is 1. The maximum atomic E-state index is 13.9. The van der Waals surface area contributed by atoms with Gasteiger partial charge in [0.1, 0.15) is 11.4 Å². The van der Waals surface area contributed by atoms with Crippen LogP contribution in [0.15, 0.2) is 41.0 Å². The summed E-state index contributed by atoms with van der Waals surface area (Å²) in [6, 6.07) is 7.51. The predicted molar refractivity (Wildman–Crippen MR) is 73.6 cm³/mol. The van der Waals surface area contributed by atoms with E-state index in [9.17, 15) is 14.3 Å². The number of hydrogen-bond acceptors (Lipinski definition) is 4. The molecule has 1 aromatic heterocycles. The molecule has 112 valence electrons. The van der Waals surface area contributed by atoms with E-state index in [0.717, 1.165) is 0 Å². The molecular formula is C15H16FNO4. The van der Waals surface area contributed by atoms with E-state index in [-0.39, 0.29) is 17.9 Å². The second-order valence-electron chi connectivity index (χ2n) is 4.76. The van der Waals surface area contributed by atoms with Gasteiger partial charge >= 0.3 is 0 Å². The number of carbonyl (C=O) groups excluding carboxylic acids is 1. The zero-order chi connectivity index (χ0) is 15.5. The van der Waals surface area contributed by atoms with Crippen molar-refractivity contribution in [2.75, 3.05) is 13.7 Å². The molecule has 0 aliphatic carbocycles. The van der Waals surface area contributed by atoms with Gasteiger partial charge in [-0.25, -0.2) is 4.39 Å². The van der Waals surface area contributed by atoms with E-state index in [2.05, 4.69) is 5.32 Å². The summed E-state index contributed by atoms with van der Waals surface area (Å²) in [6.45, 7) is 1.38. The highest BCUT2D eigenvalue weighted by atomic mass is 19.1. The van der Waals surface area contributed by atoms with Gasteiger partial charge in [0.2, 0.25) is 0 Å². The number of aliphatic hydroxyl groups is 1. The van der Waals surface area contributed by atoms with Crippen LogP contribution in [0.2, 0.25) is 0 Å². The maximum Gasteiger partial charge on any atom is 0.254 e. The molecule has 6 heteroatoms. The van der Waals surface area contributed by atoms with Crippen LogP contribution < -0.4 is 10.1 Å². The fraction of sp³-hybridized carbons (Fsp3) is 0.267. The molecule has 5 nitrogen and oxygen atoms in total. The molecule has 0 saturated heterocycles. The Kier molecular flexibility index (Phi) is 4.28. The standard InChI is InChI=1S/C15H16FNO4/c1-15(19,12-7-4-8-21-12)9-17-14(18)10-5-3-6-11(20-2)13(10)16/h3-8,19H,9H2,1-2H3,(H,17,18). The van der Waals surface area contributed by atoms with Crippen LogP contribution >= 0.6 is 0 Å². The van der Waals surface area contributed by atoms with Gasteiger partial charge in [0.05, 0.1) is 25.5 Å². The second kappa shape index (κ2) is 5.97. The first-order chi connectivity index (χ1) is 9.95. The summed E-state index contributed by atoms with van der Waals surface area (Å²) in [4.78, 5) is 12.0. The number of halogens is 1. The van der Waals surface area contributed by atoms with E-state index in [0.29, 0.717) is 5.76 Å². The third-order valence-corrected chi connectivity index (χ3v) is 3.07. The zero-order valence-electron chi connectivity index (χ0n) is 11.7. The molecule has 2 aromatic rings. The minimum Gasteiger partial charge on any atom is -0.494 e. The number of carbonyl (C=O) groups is 1. The monoisotopic (exact) mass is 293 g/mol. The average molecular weight is 293 g/mol. The van der Waals surface area contributed by atoms with Gasteiger partial charge in [-0.15, -0.1) is 0 Å². The Balaban J connectivity index is 2.09. The van der Waals surface area contributed by atoms with Gasteiger partial charge in [-0.1, -0.05) is 6.07 Å². The molecule has 0 fully saturated rings. The number of benzene rings is 1. The van der Waals surface area contributed by atoms with Gasteiger partial charge in [0.25, 0.3) is 5.91 Å². The first-order valence-electron chi connectivity index (χ1n) is 6.33. The number of ether oxygens (including phenoxy) is 1. The second-order valence-corrected chi connectivity index (χ2v) is 4.76. The summed E-state index contributed by atoms with van der Waals surface area (Å²) in [6.07, 6.45) is 1.42. The van der Waals surface area contributed by atoms with Crippen molar-refractivity contribution in [3.05, 3.63) is 53.7 Å². The van der Waals surface area contributed by atoms with E-state index >= 15 is 0 Å². The first kappa shape index (κ1) is 15.1. The van der Waals surface area contributed by atoms with E-state index in [1.54, 1.807) is 12.1 Å². The number of methoxy groups -OCH3 is 1. The van der Waals surface area contributed by atoms with Crippen molar-refractivity contribution in [2.45, 2.75) is 12.5 Å². The lowest BCUT2D eigenvalue weighted by Gasteiger charge is -2.21. The minimum absolute atomic E-state index is 0.0135. The zero-order valence-corrected chi connectivity index (χ0v) is 11.7. The van der Waals surface area contributed by atoms with Crippen molar-refractivity contribution in [3.8, 4) is 5.75 Å². The number of rotatable bonds is 5. The van der Waals surface area contributed by atoms with Crippen LogP contribution in [0, 0.1) is 5.82 Å². The summed E-state index contributed by atoms with van der Waals surface area (Å²) >= 11 is 0. The molecule has 0 spiro atoms.